The molecule has 1 heterocycles. The minimum absolute atomic E-state index is 0.00223. The number of anilines is 1. The summed E-state index contributed by atoms with van der Waals surface area (Å²) in [6, 6.07) is 16.3. The lowest BCUT2D eigenvalue weighted by Gasteiger charge is -2.23. The first-order chi connectivity index (χ1) is 13.1. The Morgan fingerprint density at radius 1 is 1.26 bits per heavy atom. The van der Waals surface area contributed by atoms with Crippen LogP contribution in [0.2, 0.25) is 0 Å². The van der Waals surface area contributed by atoms with Crippen molar-refractivity contribution < 1.29 is 4.79 Å². The third-order valence-corrected chi connectivity index (χ3v) is 6.37. The standard InChI is InChI=1S/C21H21N3OS2/c1-15-10-16(2)12-18(11-15)24(9-5-8-22)20(25)14-27-21-23-19-7-4-3-6-17(19)13-26-21/h3-4,6-7,10-12H,5,9,13-14H2,1-2H3. The summed E-state index contributed by atoms with van der Waals surface area (Å²) < 4.78 is 0.919. The SMILES string of the molecule is Cc1cc(C)cc(N(CCC#N)C(=O)CSC2=Nc3ccccc3CS2)c1. The van der Waals surface area contributed by atoms with Crippen LogP contribution in [0.1, 0.15) is 23.1 Å². The maximum Gasteiger partial charge on any atom is 0.237 e. The molecule has 0 atom stereocenters. The van der Waals surface area contributed by atoms with Gasteiger partial charge in [-0.25, -0.2) is 4.99 Å². The summed E-state index contributed by atoms with van der Waals surface area (Å²) >= 11 is 3.14. The number of hydrogen-bond acceptors (Lipinski definition) is 5. The number of carbonyl (C=O) groups excluding carboxylic acids is 1. The molecular formula is C21H21N3OS2. The Hall–Kier alpha value is -2.23. The molecule has 0 spiro atoms. The molecule has 6 heteroatoms. The van der Waals surface area contributed by atoms with E-state index in [-0.39, 0.29) is 5.91 Å². The van der Waals surface area contributed by atoms with E-state index in [2.05, 4.69) is 23.2 Å². The number of para-hydroxylation sites is 1. The van der Waals surface area contributed by atoms with Gasteiger partial charge >= 0.3 is 0 Å². The maximum absolute atomic E-state index is 12.9. The van der Waals surface area contributed by atoms with Crippen LogP contribution in [0.3, 0.4) is 0 Å². The number of thioether (sulfide) groups is 2. The summed E-state index contributed by atoms with van der Waals surface area (Å²) in [7, 11) is 0. The number of aliphatic imine (C=N–C) groups is 1. The van der Waals surface area contributed by atoms with Crippen molar-refractivity contribution >= 4 is 45.2 Å². The Kier molecular flexibility index (Phi) is 6.59. The number of hydrogen-bond donors (Lipinski definition) is 0. The minimum atomic E-state index is 0.00223. The first kappa shape index (κ1) is 19.5. The van der Waals surface area contributed by atoms with E-state index in [4.69, 9.17) is 5.26 Å². The van der Waals surface area contributed by atoms with Crippen LogP contribution in [0.15, 0.2) is 47.5 Å². The fourth-order valence-electron chi connectivity index (χ4n) is 2.95. The topological polar surface area (TPSA) is 56.5 Å². The summed E-state index contributed by atoms with van der Waals surface area (Å²) in [4.78, 5) is 19.3. The summed E-state index contributed by atoms with van der Waals surface area (Å²) in [6.07, 6.45) is 0.312. The van der Waals surface area contributed by atoms with E-state index in [0.29, 0.717) is 18.7 Å². The van der Waals surface area contributed by atoms with Crippen LogP contribution >= 0.6 is 23.5 Å². The van der Waals surface area contributed by atoms with Crippen LogP contribution in [-0.2, 0) is 10.5 Å². The molecule has 4 nitrogen and oxygen atoms in total. The zero-order chi connectivity index (χ0) is 19.2. The monoisotopic (exact) mass is 395 g/mol. The van der Waals surface area contributed by atoms with Crippen molar-refractivity contribution in [3.8, 4) is 6.07 Å². The van der Waals surface area contributed by atoms with E-state index in [1.54, 1.807) is 16.7 Å². The maximum atomic E-state index is 12.9. The first-order valence-electron chi connectivity index (χ1n) is 8.74. The smallest absolute Gasteiger partial charge is 0.237 e. The molecule has 1 amide bonds. The van der Waals surface area contributed by atoms with Crippen molar-refractivity contribution in [3.05, 3.63) is 59.2 Å². The van der Waals surface area contributed by atoms with Crippen molar-refractivity contribution in [2.24, 2.45) is 4.99 Å². The zero-order valence-electron chi connectivity index (χ0n) is 15.4. The van der Waals surface area contributed by atoms with E-state index < -0.39 is 0 Å². The van der Waals surface area contributed by atoms with Crippen molar-refractivity contribution in [2.75, 3.05) is 17.2 Å². The van der Waals surface area contributed by atoms with Crippen LogP contribution in [0.25, 0.3) is 0 Å². The van der Waals surface area contributed by atoms with Crippen LogP contribution < -0.4 is 4.90 Å². The van der Waals surface area contributed by atoms with Crippen LogP contribution in [0, 0.1) is 25.2 Å². The second-order valence-electron chi connectivity index (χ2n) is 6.38. The quantitative estimate of drug-likeness (QED) is 0.697. The molecule has 1 aliphatic rings. The lowest BCUT2D eigenvalue weighted by Crippen LogP contribution is -2.33. The number of carbonyl (C=O) groups is 1. The lowest BCUT2D eigenvalue weighted by molar-refractivity contribution is -0.116. The van der Waals surface area contributed by atoms with Crippen LogP contribution in [0.5, 0.6) is 0 Å². The average Bonchev–Trinajstić information content (AvgIpc) is 2.65. The number of nitriles is 1. The molecule has 0 aliphatic carbocycles. The van der Waals surface area contributed by atoms with E-state index in [9.17, 15) is 4.79 Å². The van der Waals surface area contributed by atoms with Crippen LogP contribution in [-0.4, -0.2) is 22.6 Å². The molecular weight excluding hydrogens is 374 g/mol. The molecule has 2 aromatic carbocycles. The number of rotatable bonds is 5. The third-order valence-electron chi connectivity index (χ3n) is 4.14. The predicted molar refractivity (Wildman–Crippen MR) is 116 cm³/mol. The molecule has 0 unspecified atom stereocenters. The molecule has 0 N–H and O–H groups in total. The number of amides is 1. The van der Waals surface area contributed by atoms with Crippen molar-refractivity contribution in [2.45, 2.75) is 26.0 Å². The van der Waals surface area contributed by atoms with Gasteiger partial charge in [-0.05, 0) is 48.7 Å². The summed E-state index contributed by atoms with van der Waals surface area (Å²) in [5.41, 5.74) is 5.29. The second-order valence-corrected chi connectivity index (χ2v) is 8.57. The van der Waals surface area contributed by atoms with Gasteiger partial charge in [-0.3, -0.25) is 4.79 Å². The number of aryl methyl sites for hydroxylation is 2. The molecule has 0 fully saturated rings. The first-order valence-corrected chi connectivity index (χ1v) is 10.7. The molecule has 0 bridgehead atoms. The number of fused-ring (bicyclic) bond motifs is 1. The largest absolute Gasteiger partial charge is 0.311 e. The second kappa shape index (κ2) is 9.12. The van der Waals surface area contributed by atoms with E-state index >= 15 is 0 Å². The van der Waals surface area contributed by atoms with Gasteiger partial charge in [-0.2, -0.15) is 5.26 Å². The van der Waals surface area contributed by atoms with Gasteiger partial charge in [0.15, 0.2) is 0 Å². The molecule has 0 saturated carbocycles. The van der Waals surface area contributed by atoms with Gasteiger partial charge in [0.2, 0.25) is 5.91 Å². The van der Waals surface area contributed by atoms with Gasteiger partial charge in [-0.1, -0.05) is 47.8 Å². The number of benzene rings is 2. The Labute approximate surface area is 168 Å². The van der Waals surface area contributed by atoms with Gasteiger partial charge in [0.1, 0.15) is 4.38 Å². The molecule has 0 radical (unpaired) electrons. The van der Waals surface area contributed by atoms with Gasteiger partial charge in [-0.15, -0.1) is 0 Å². The van der Waals surface area contributed by atoms with Gasteiger partial charge < -0.3 is 4.90 Å². The van der Waals surface area contributed by atoms with Gasteiger partial charge in [0, 0.05) is 18.0 Å². The Morgan fingerprint density at radius 2 is 2.00 bits per heavy atom. The van der Waals surface area contributed by atoms with E-state index in [0.717, 1.165) is 32.6 Å². The van der Waals surface area contributed by atoms with Gasteiger partial charge in [0.05, 0.1) is 23.9 Å². The Bertz CT molecular complexity index is 898. The highest BCUT2D eigenvalue weighted by molar-refractivity contribution is 8.38. The fraction of sp³-hybridized carbons (Fsp3) is 0.286. The number of nitrogens with zero attached hydrogens (tertiary/aromatic N) is 3. The molecule has 3 rings (SSSR count). The highest BCUT2D eigenvalue weighted by Gasteiger charge is 2.19. The molecule has 1 aliphatic heterocycles. The molecule has 0 saturated heterocycles. The molecule has 0 aromatic heterocycles. The Morgan fingerprint density at radius 3 is 2.74 bits per heavy atom. The molecule has 2 aromatic rings. The molecule has 27 heavy (non-hydrogen) atoms. The summed E-state index contributed by atoms with van der Waals surface area (Å²) in [6.45, 7) is 4.44. The van der Waals surface area contributed by atoms with Crippen molar-refractivity contribution in [3.63, 3.8) is 0 Å². The minimum Gasteiger partial charge on any atom is -0.311 e. The zero-order valence-corrected chi connectivity index (χ0v) is 17.1. The average molecular weight is 396 g/mol. The fourth-order valence-corrected chi connectivity index (χ4v) is 4.89. The van der Waals surface area contributed by atoms with Crippen LogP contribution in [0.4, 0.5) is 11.4 Å². The van der Waals surface area contributed by atoms with E-state index in [1.165, 1.54) is 17.3 Å². The Balaban J connectivity index is 1.72. The highest BCUT2D eigenvalue weighted by atomic mass is 32.2. The normalized spacial score (nSPS) is 12.7. The van der Waals surface area contributed by atoms with E-state index in [1.807, 2.05) is 44.2 Å². The highest BCUT2D eigenvalue weighted by Crippen LogP contribution is 2.34. The predicted octanol–water partition coefficient (Wildman–Crippen LogP) is 5.22. The summed E-state index contributed by atoms with van der Waals surface area (Å²) in [5, 5.41) is 8.96. The lowest BCUT2D eigenvalue weighted by atomic mass is 10.1. The summed E-state index contributed by atoms with van der Waals surface area (Å²) in [5.74, 6) is 1.19. The van der Waals surface area contributed by atoms with Crippen molar-refractivity contribution in [1.29, 1.82) is 5.26 Å². The molecule has 138 valence electrons. The van der Waals surface area contributed by atoms with Crippen molar-refractivity contribution in [1.82, 2.24) is 0 Å². The third kappa shape index (κ3) is 5.15. The van der Waals surface area contributed by atoms with Gasteiger partial charge in [0.25, 0.3) is 0 Å².